The first kappa shape index (κ1) is 18.2. The van der Waals surface area contributed by atoms with Gasteiger partial charge < -0.3 is 10.6 Å². The SMILES string of the molecule is CC(=O)Nc1ccc2nc(NC(=S)NC(=O)c3cccc(Cl)c3)sc2c1. The Bertz CT molecular complexity index is 1020. The van der Waals surface area contributed by atoms with Crippen molar-refractivity contribution < 1.29 is 9.59 Å². The van der Waals surface area contributed by atoms with Gasteiger partial charge in [0.05, 0.1) is 10.2 Å². The normalized spacial score (nSPS) is 10.4. The van der Waals surface area contributed by atoms with Gasteiger partial charge in [-0.2, -0.15) is 0 Å². The van der Waals surface area contributed by atoms with Crippen molar-refractivity contribution in [2.75, 3.05) is 10.6 Å². The summed E-state index contributed by atoms with van der Waals surface area (Å²) in [5.74, 6) is -0.504. The van der Waals surface area contributed by atoms with Crippen LogP contribution in [0.4, 0.5) is 10.8 Å². The van der Waals surface area contributed by atoms with Crippen molar-refractivity contribution in [3.63, 3.8) is 0 Å². The molecule has 3 N–H and O–H groups in total. The van der Waals surface area contributed by atoms with E-state index in [1.807, 2.05) is 6.07 Å². The summed E-state index contributed by atoms with van der Waals surface area (Å²) < 4.78 is 0.878. The second-order valence-corrected chi connectivity index (χ2v) is 7.18. The molecule has 0 saturated heterocycles. The van der Waals surface area contributed by atoms with Gasteiger partial charge in [-0.1, -0.05) is 29.0 Å². The molecule has 0 fully saturated rings. The fourth-order valence-electron chi connectivity index (χ4n) is 2.19. The number of nitrogens with one attached hydrogen (secondary N) is 3. The molecule has 2 amide bonds. The van der Waals surface area contributed by atoms with Crippen LogP contribution >= 0.6 is 35.2 Å². The fourth-order valence-corrected chi connectivity index (χ4v) is 3.55. The van der Waals surface area contributed by atoms with Crippen LogP contribution in [0, 0.1) is 0 Å². The van der Waals surface area contributed by atoms with Crippen molar-refractivity contribution >= 4 is 73.1 Å². The Morgan fingerprint density at radius 2 is 1.96 bits per heavy atom. The lowest BCUT2D eigenvalue weighted by atomic mass is 10.2. The van der Waals surface area contributed by atoms with Gasteiger partial charge in [0, 0.05) is 23.2 Å². The lowest BCUT2D eigenvalue weighted by Gasteiger charge is -2.07. The Morgan fingerprint density at radius 3 is 2.69 bits per heavy atom. The van der Waals surface area contributed by atoms with Gasteiger partial charge in [-0.3, -0.25) is 14.9 Å². The van der Waals surface area contributed by atoms with Crippen LogP contribution in [-0.2, 0) is 4.79 Å². The van der Waals surface area contributed by atoms with Crippen LogP contribution < -0.4 is 16.0 Å². The summed E-state index contributed by atoms with van der Waals surface area (Å²) in [7, 11) is 0. The van der Waals surface area contributed by atoms with Gasteiger partial charge in [0.1, 0.15) is 0 Å². The van der Waals surface area contributed by atoms with Gasteiger partial charge in [0.15, 0.2) is 10.2 Å². The highest BCUT2D eigenvalue weighted by Gasteiger charge is 2.11. The van der Waals surface area contributed by atoms with Gasteiger partial charge in [-0.05, 0) is 48.6 Å². The maximum atomic E-state index is 12.2. The molecule has 6 nitrogen and oxygen atoms in total. The zero-order chi connectivity index (χ0) is 18.7. The van der Waals surface area contributed by atoms with Gasteiger partial charge in [0.2, 0.25) is 5.91 Å². The van der Waals surface area contributed by atoms with Gasteiger partial charge in [-0.15, -0.1) is 0 Å². The highest BCUT2D eigenvalue weighted by Crippen LogP contribution is 2.28. The summed E-state index contributed by atoms with van der Waals surface area (Å²) >= 11 is 12.4. The third-order valence-corrected chi connectivity index (χ3v) is 4.62. The molecule has 1 aromatic heterocycles. The molecule has 0 saturated carbocycles. The number of hydrogen-bond donors (Lipinski definition) is 3. The molecule has 9 heteroatoms. The molecule has 0 atom stereocenters. The van der Waals surface area contributed by atoms with Crippen molar-refractivity contribution in [2.45, 2.75) is 6.92 Å². The number of fused-ring (bicyclic) bond motifs is 1. The number of anilines is 2. The predicted molar refractivity (Wildman–Crippen MR) is 109 cm³/mol. The molecule has 26 heavy (non-hydrogen) atoms. The lowest BCUT2D eigenvalue weighted by molar-refractivity contribution is -0.114. The van der Waals surface area contributed by atoms with Crippen LogP contribution in [0.1, 0.15) is 17.3 Å². The molecule has 0 bridgehead atoms. The Morgan fingerprint density at radius 1 is 1.15 bits per heavy atom. The van der Waals surface area contributed by atoms with Gasteiger partial charge in [0.25, 0.3) is 5.91 Å². The third-order valence-electron chi connectivity index (χ3n) is 3.24. The minimum Gasteiger partial charge on any atom is -0.326 e. The van der Waals surface area contributed by atoms with E-state index in [1.165, 1.54) is 18.3 Å². The summed E-state index contributed by atoms with van der Waals surface area (Å²) in [4.78, 5) is 27.7. The molecule has 0 radical (unpaired) electrons. The van der Waals surface area contributed by atoms with E-state index in [-0.39, 0.29) is 16.9 Å². The molecule has 0 aliphatic carbocycles. The number of nitrogens with zero attached hydrogens (tertiary/aromatic N) is 1. The third kappa shape index (κ3) is 4.54. The maximum absolute atomic E-state index is 12.2. The number of thiocarbonyl (C=S) groups is 1. The van der Waals surface area contributed by atoms with Crippen molar-refractivity contribution in [3.05, 3.63) is 53.1 Å². The topological polar surface area (TPSA) is 83.1 Å². The highest BCUT2D eigenvalue weighted by atomic mass is 35.5. The number of rotatable bonds is 3. The highest BCUT2D eigenvalue weighted by molar-refractivity contribution is 7.80. The quantitative estimate of drug-likeness (QED) is 0.574. The Kier molecular flexibility index (Phi) is 5.46. The van der Waals surface area contributed by atoms with Crippen molar-refractivity contribution in [1.29, 1.82) is 0 Å². The van der Waals surface area contributed by atoms with E-state index in [4.69, 9.17) is 23.8 Å². The average molecular weight is 405 g/mol. The Balaban J connectivity index is 1.69. The number of aromatic nitrogens is 1. The van der Waals surface area contributed by atoms with Crippen LogP contribution in [0.25, 0.3) is 10.2 Å². The zero-order valence-corrected chi connectivity index (χ0v) is 15.9. The summed E-state index contributed by atoms with van der Waals surface area (Å²) in [5.41, 5.74) is 1.86. The molecule has 2 aromatic carbocycles. The van der Waals surface area contributed by atoms with Gasteiger partial charge in [-0.25, -0.2) is 4.98 Å². The molecule has 1 heterocycles. The molecular weight excluding hydrogens is 392 g/mol. The largest absolute Gasteiger partial charge is 0.326 e. The number of halogens is 1. The number of hydrogen-bond acceptors (Lipinski definition) is 5. The number of carbonyl (C=O) groups is 2. The van der Waals surface area contributed by atoms with Crippen molar-refractivity contribution in [3.8, 4) is 0 Å². The standard InChI is InChI=1S/C17H13ClN4O2S2/c1-9(23)19-12-5-6-13-14(8-12)26-17(20-13)22-16(25)21-15(24)10-3-2-4-11(18)7-10/h2-8H,1H3,(H,19,23)(H2,20,21,22,24,25). The van der Waals surface area contributed by atoms with Crippen molar-refractivity contribution in [1.82, 2.24) is 10.3 Å². The summed E-state index contributed by atoms with van der Waals surface area (Å²) in [5, 5.41) is 9.35. The molecule has 0 spiro atoms. The van der Waals surface area contributed by atoms with Crippen LogP contribution in [0.15, 0.2) is 42.5 Å². The zero-order valence-electron chi connectivity index (χ0n) is 13.5. The molecule has 3 rings (SSSR count). The molecule has 3 aromatic rings. The molecule has 0 unspecified atom stereocenters. The van der Waals surface area contributed by atoms with E-state index < -0.39 is 0 Å². The first-order valence-electron chi connectivity index (χ1n) is 7.47. The van der Waals surface area contributed by atoms with E-state index in [0.29, 0.717) is 21.4 Å². The minimum atomic E-state index is -0.362. The minimum absolute atomic E-state index is 0.135. The first-order chi connectivity index (χ1) is 12.4. The molecular formula is C17H13ClN4O2S2. The lowest BCUT2D eigenvalue weighted by Crippen LogP contribution is -2.34. The predicted octanol–water partition coefficient (Wildman–Crippen LogP) is 4.03. The van der Waals surface area contributed by atoms with Crippen LogP contribution in [0.5, 0.6) is 0 Å². The maximum Gasteiger partial charge on any atom is 0.257 e. The summed E-state index contributed by atoms with van der Waals surface area (Å²) in [6, 6.07) is 12.0. The molecule has 132 valence electrons. The Hall–Kier alpha value is -2.55. The molecule has 0 aliphatic heterocycles. The Labute approximate surface area is 163 Å². The van der Waals surface area contributed by atoms with E-state index in [1.54, 1.807) is 36.4 Å². The number of amides is 2. The van der Waals surface area contributed by atoms with Crippen molar-refractivity contribution in [2.24, 2.45) is 0 Å². The first-order valence-corrected chi connectivity index (χ1v) is 9.07. The molecule has 0 aliphatic rings. The van der Waals surface area contributed by atoms with Crippen LogP contribution in [-0.4, -0.2) is 21.9 Å². The van der Waals surface area contributed by atoms with E-state index in [9.17, 15) is 9.59 Å². The summed E-state index contributed by atoms with van der Waals surface area (Å²) in [6.45, 7) is 1.45. The number of benzene rings is 2. The van der Waals surface area contributed by atoms with Gasteiger partial charge >= 0.3 is 0 Å². The number of thiazole rings is 1. The van der Waals surface area contributed by atoms with E-state index >= 15 is 0 Å². The second-order valence-electron chi connectivity index (χ2n) is 5.30. The van der Waals surface area contributed by atoms with Crippen LogP contribution in [0.3, 0.4) is 0 Å². The van der Waals surface area contributed by atoms with Crippen LogP contribution in [0.2, 0.25) is 5.02 Å². The monoisotopic (exact) mass is 404 g/mol. The van der Waals surface area contributed by atoms with E-state index in [2.05, 4.69) is 20.9 Å². The number of carbonyl (C=O) groups excluding carboxylic acids is 2. The fraction of sp³-hybridized carbons (Fsp3) is 0.0588. The second kappa shape index (κ2) is 7.77. The average Bonchev–Trinajstić information content (AvgIpc) is 2.95. The smallest absolute Gasteiger partial charge is 0.257 e. The summed E-state index contributed by atoms with van der Waals surface area (Å²) in [6.07, 6.45) is 0. The van der Waals surface area contributed by atoms with E-state index in [0.717, 1.165) is 10.2 Å².